The fourth-order valence-corrected chi connectivity index (χ4v) is 4.01. The standard InChI is InChI=1S/C21H16Cl2FN5O4/c22-14-2-1-12(16(23)8-14)11-28-19(5-6-25-28)26-21(31)13-7-20(30)27(10-13)15-3-4-17(24)18(9-15)29(32)33/h1-6,8-9,13H,7,10-11H2,(H,26,31)/t13-/m0/s1. The smallest absolute Gasteiger partial charge is 0.306 e. The van der Waals surface area contributed by atoms with Crippen molar-refractivity contribution in [2.75, 3.05) is 16.8 Å². The molecular formula is C21H16Cl2FN5O4. The Bertz CT molecular complexity index is 1270. The monoisotopic (exact) mass is 491 g/mol. The quantitative estimate of drug-likeness (QED) is 0.408. The van der Waals surface area contributed by atoms with Gasteiger partial charge >= 0.3 is 5.69 Å². The molecule has 9 nitrogen and oxygen atoms in total. The molecule has 0 spiro atoms. The van der Waals surface area contributed by atoms with Crippen LogP contribution in [0.2, 0.25) is 10.0 Å². The molecule has 2 aromatic carbocycles. The Balaban J connectivity index is 1.46. The van der Waals surface area contributed by atoms with Gasteiger partial charge in [-0.25, -0.2) is 4.68 Å². The zero-order chi connectivity index (χ0) is 23.7. The molecule has 1 aromatic heterocycles. The molecule has 0 bridgehead atoms. The number of carbonyl (C=O) groups is 2. The van der Waals surface area contributed by atoms with Gasteiger partial charge in [-0.1, -0.05) is 29.3 Å². The summed E-state index contributed by atoms with van der Waals surface area (Å²) in [6, 6.07) is 9.85. The van der Waals surface area contributed by atoms with Crippen LogP contribution in [-0.4, -0.2) is 33.1 Å². The van der Waals surface area contributed by atoms with Gasteiger partial charge in [-0.05, 0) is 29.8 Å². The van der Waals surface area contributed by atoms with Gasteiger partial charge in [0.15, 0.2) is 0 Å². The number of nitrogens with one attached hydrogen (secondary N) is 1. The minimum absolute atomic E-state index is 0.00457. The fourth-order valence-electron chi connectivity index (χ4n) is 3.55. The van der Waals surface area contributed by atoms with Crippen LogP contribution in [0.4, 0.5) is 21.6 Å². The summed E-state index contributed by atoms with van der Waals surface area (Å²) in [6.45, 7) is 0.290. The molecule has 0 saturated carbocycles. The van der Waals surface area contributed by atoms with E-state index in [0.717, 1.165) is 17.7 Å². The lowest BCUT2D eigenvalue weighted by molar-refractivity contribution is -0.387. The number of hydrogen-bond acceptors (Lipinski definition) is 5. The Morgan fingerprint density at radius 3 is 2.76 bits per heavy atom. The lowest BCUT2D eigenvalue weighted by Crippen LogP contribution is -2.28. The lowest BCUT2D eigenvalue weighted by atomic mass is 10.1. The van der Waals surface area contributed by atoms with Crippen molar-refractivity contribution in [2.45, 2.75) is 13.0 Å². The largest absolute Gasteiger partial charge is 0.311 e. The van der Waals surface area contributed by atoms with Crippen LogP contribution < -0.4 is 10.2 Å². The minimum atomic E-state index is -1.00. The summed E-state index contributed by atoms with van der Waals surface area (Å²) in [5, 5.41) is 18.9. The van der Waals surface area contributed by atoms with Gasteiger partial charge in [0, 0.05) is 35.1 Å². The second-order valence-corrected chi connectivity index (χ2v) is 8.24. The average molecular weight is 492 g/mol. The van der Waals surface area contributed by atoms with Crippen LogP contribution in [0, 0.1) is 21.8 Å². The first-order valence-corrected chi connectivity index (χ1v) is 10.5. The molecule has 3 aromatic rings. The van der Waals surface area contributed by atoms with Crippen LogP contribution in [0.3, 0.4) is 0 Å². The maximum Gasteiger partial charge on any atom is 0.306 e. The molecule has 4 rings (SSSR count). The molecule has 1 fully saturated rings. The van der Waals surface area contributed by atoms with Crippen molar-refractivity contribution in [3.05, 3.63) is 80.2 Å². The van der Waals surface area contributed by atoms with Gasteiger partial charge in [-0.2, -0.15) is 9.49 Å². The van der Waals surface area contributed by atoms with Crippen molar-refractivity contribution >= 4 is 52.2 Å². The Hall–Kier alpha value is -3.50. The van der Waals surface area contributed by atoms with Crippen molar-refractivity contribution in [1.29, 1.82) is 0 Å². The van der Waals surface area contributed by atoms with Crippen LogP contribution in [0.5, 0.6) is 0 Å². The second kappa shape index (κ2) is 9.16. The highest BCUT2D eigenvalue weighted by atomic mass is 35.5. The highest BCUT2D eigenvalue weighted by Crippen LogP contribution is 2.30. The van der Waals surface area contributed by atoms with Gasteiger partial charge in [0.05, 0.1) is 29.3 Å². The van der Waals surface area contributed by atoms with Gasteiger partial charge in [-0.15, -0.1) is 0 Å². The SMILES string of the molecule is O=C(Nc1ccnn1Cc1ccc(Cl)cc1Cl)[C@H]1CC(=O)N(c2ccc(F)c([N+](=O)[O-])c2)C1. The number of hydrogen-bond donors (Lipinski definition) is 1. The number of rotatable bonds is 6. The molecule has 1 atom stereocenters. The van der Waals surface area contributed by atoms with Crippen LogP contribution in [0.1, 0.15) is 12.0 Å². The molecule has 0 aliphatic carbocycles. The summed E-state index contributed by atoms with van der Waals surface area (Å²) in [4.78, 5) is 36.7. The molecule has 0 unspecified atom stereocenters. The molecule has 12 heteroatoms. The van der Waals surface area contributed by atoms with E-state index in [4.69, 9.17) is 23.2 Å². The normalized spacial score (nSPS) is 15.7. The number of nitrogens with zero attached hydrogens (tertiary/aromatic N) is 4. The average Bonchev–Trinajstić information content (AvgIpc) is 3.36. The fraction of sp³-hybridized carbons (Fsp3) is 0.190. The van der Waals surface area contributed by atoms with E-state index in [1.54, 1.807) is 28.9 Å². The number of halogens is 3. The Labute approximate surface area is 196 Å². The number of benzene rings is 2. The molecule has 1 aliphatic rings. The topological polar surface area (TPSA) is 110 Å². The van der Waals surface area contributed by atoms with E-state index in [2.05, 4.69) is 10.4 Å². The number of nitro benzene ring substituents is 1. The summed E-state index contributed by atoms with van der Waals surface area (Å²) >= 11 is 12.1. The number of anilines is 2. The van der Waals surface area contributed by atoms with Gasteiger partial charge < -0.3 is 10.2 Å². The zero-order valence-corrected chi connectivity index (χ0v) is 18.4. The van der Waals surface area contributed by atoms with Crippen LogP contribution in [0.15, 0.2) is 48.7 Å². The van der Waals surface area contributed by atoms with E-state index in [0.29, 0.717) is 15.9 Å². The molecule has 0 radical (unpaired) electrons. The van der Waals surface area contributed by atoms with E-state index >= 15 is 0 Å². The first kappa shape index (κ1) is 22.7. The van der Waals surface area contributed by atoms with Crippen molar-refractivity contribution in [1.82, 2.24) is 9.78 Å². The molecular weight excluding hydrogens is 476 g/mol. The van der Waals surface area contributed by atoms with Crippen molar-refractivity contribution in [3.8, 4) is 0 Å². The summed E-state index contributed by atoms with van der Waals surface area (Å²) in [5.41, 5.74) is 0.171. The number of carbonyl (C=O) groups excluding carboxylic acids is 2. The van der Waals surface area contributed by atoms with Gasteiger partial charge in [0.25, 0.3) is 0 Å². The summed E-state index contributed by atoms with van der Waals surface area (Å²) in [7, 11) is 0. The number of aromatic nitrogens is 2. The van der Waals surface area contributed by atoms with Crippen molar-refractivity contribution < 1.29 is 18.9 Å². The van der Waals surface area contributed by atoms with Gasteiger partial charge in [0.2, 0.25) is 17.6 Å². The van der Waals surface area contributed by atoms with Crippen LogP contribution in [-0.2, 0) is 16.1 Å². The first-order chi connectivity index (χ1) is 15.7. The predicted octanol–water partition coefficient (Wildman–Crippen LogP) is 4.28. The Morgan fingerprint density at radius 2 is 2.03 bits per heavy atom. The first-order valence-electron chi connectivity index (χ1n) is 9.74. The third-order valence-corrected chi connectivity index (χ3v) is 5.82. The number of nitro groups is 1. The molecule has 33 heavy (non-hydrogen) atoms. The van der Waals surface area contributed by atoms with Crippen molar-refractivity contribution in [3.63, 3.8) is 0 Å². The van der Waals surface area contributed by atoms with Crippen LogP contribution >= 0.6 is 23.2 Å². The van der Waals surface area contributed by atoms with E-state index in [1.807, 2.05) is 0 Å². The minimum Gasteiger partial charge on any atom is -0.311 e. The van der Waals surface area contributed by atoms with Gasteiger partial charge in [-0.3, -0.25) is 19.7 Å². The molecule has 1 aliphatic heterocycles. The highest BCUT2D eigenvalue weighted by Gasteiger charge is 2.36. The van der Waals surface area contributed by atoms with Crippen LogP contribution in [0.25, 0.3) is 0 Å². The Kier molecular flexibility index (Phi) is 6.30. The maximum absolute atomic E-state index is 13.6. The van der Waals surface area contributed by atoms with E-state index in [-0.39, 0.29) is 25.2 Å². The summed E-state index contributed by atoms with van der Waals surface area (Å²) < 4.78 is 15.2. The lowest BCUT2D eigenvalue weighted by Gasteiger charge is -2.17. The summed E-state index contributed by atoms with van der Waals surface area (Å²) in [5.74, 6) is -2.10. The number of amides is 2. The van der Waals surface area contributed by atoms with E-state index in [9.17, 15) is 24.1 Å². The summed E-state index contributed by atoms with van der Waals surface area (Å²) in [6.07, 6.45) is 1.43. The third-order valence-electron chi connectivity index (χ3n) is 5.24. The maximum atomic E-state index is 13.6. The molecule has 2 heterocycles. The second-order valence-electron chi connectivity index (χ2n) is 7.40. The van der Waals surface area contributed by atoms with E-state index in [1.165, 1.54) is 17.2 Å². The molecule has 1 N–H and O–H groups in total. The molecule has 170 valence electrons. The zero-order valence-electron chi connectivity index (χ0n) is 16.9. The van der Waals surface area contributed by atoms with E-state index < -0.39 is 34.2 Å². The molecule has 2 amide bonds. The predicted molar refractivity (Wildman–Crippen MR) is 120 cm³/mol. The Morgan fingerprint density at radius 1 is 1.24 bits per heavy atom. The highest BCUT2D eigenvalue weighted by molar-refractivity contribution is 6.35. The van der Waals surface area contributed by atoms with Gasteiger partial charge in [0.1, 0.15) is 5.82 Å². The molecule has 1 saturated heterocycles. The van der Waals surface area contributed by atoms with Crippen molar-refractivity contribution in [2.24, 2.45) is 5.92 Å². The third kappa shape index (κ3) is 4.81.